The number of aromatic nitrogens is 2. The summed E-state index contributed by atoms with van der Waals surface area (Å²) in [5.74, 6) is 1.77. The summed E-state index contributed by atoms with van der Waals surface area (Å²) in [4.78, 5) is 17.7. The molecule has 1 amide bonds. The second kappa shape index (κ2) is 4.66. The van der Waals surface area contributed by atoms with Gasteiger partial charge in [-0.3, -0.25) is 4.79 Å². The van der Waals surface area contributed by atoms with E-state index >= 15 is 0 Å². The molecule has 2 heterocycles. The third-order valence-corrected chi connectivity index (χ3v) is 4.87. The molecule has 4 rings (SSSR count). The van der Waals surface area contributed by atoms with Crippen molar-refractivity contribution in [3.05, 3.63) is 47.1 Å². The van der Waals surface area contributed by atoms with Crippen LogP contribution in [0, 0.1) is 6.92 Å². The van der Waals surface area contributed by atoms with E-state index in [2.05, 4.69) is 41.3 Å². The zero-order valence-electron chi connectivity index (χ0n) is 12.9. The molecular formula is C17H19N3O2. The van der Waals surface area contributed by atoms with E-state index in [-0.39, 0.29) is 17.2 Å². The molecule has 1 saturated carbocycles. The van der Waals surface area contributed by atoms with Crippen LogP contribution in [0.4, 0.5) is 0 Å². The molecule has 2 fully saturated rings. The summed E-state index contributed by atoms with van der Waals surface area (Å²) in [5, 5.41) is 4.24. The van der Waals surface area contributed by atoms with Crippen molar-refractivity contribution in [2.24, 2.45) is 0 Å². The van der Waals surface area contributed by atoms with Gasteiger partial charge in [0, 0.05) is 20.0 Å². The van der Waals surface area contributed by atoms with E-state index < -0.39 is 0 Å². The zero-order chi connectivity index (χ0) is 15.3. The third-order valence-electron chi connectivity index (χ3n) is 4.87. The van der Waals surface area contributed by atoms with Gasteiger partial charge in [-0.2, -0.15) is 4.98 Å². The molecule has 0 N–H and O–H groups in total. The van der Waals surface area contributed by atoms with Crippen LogP contribution in [0.2, 0.25) is 0 Å². The van der Waals surface area contributed by atoms with Gasteiger partial charge in [0.15, 0.2) is 5.82 Å². The zero-order valence-corrected chi connectivity index (χ0v) is 12.9. The predicted molar refractivity (Wildman–Crippen MR) is 80.5 cm³/mol. The van der Waals surface area contributed by atoms with Gasteiger partial charge in [-0.1, -0.05) is 35.0 Å². The number of aryl methyl sites for hydroxylation is 1. The molecule has 22 heavy (non-hydrogen) atoms. The van der Waals surface area contributed by atoms with Crippen LogP contribution in [-0.2, 0) is 10.2 Å². The van der Waals surface area contributed by atoms with Crippen molar-refractivity contribution in [2.45, 2.75) is 38.0 Å². The van der Waals surface area contributed by atoms with E-state index in [9.17, 15) is 4.79 Å². The number of hydrogen-bond donors (Lipinski definition) is 0. The molecule has 0 bridgehead atoms. The highest BCUT2D eigenvalue weighted by molar-refractivity contribution is 5.74. The highest BCUT2D eigenvalue weighted by Crippen LogP contribution is 2.52. The van der Waals surface area contributed by atoms with Crippen molar-refractivity contribution in [3.8, 4) is 0 Å². The quantitative estimate of drug-likeness (QED) is 0.873. The summed E-state index contributed by atoms with van der Waals surface area (Å²) < 4.78 is 5.48. The molecule has 1 aromatic carbocycles. The molecule has 1 aliphatic heterocycles. The Morgan fingerprint density at radius 2 is 2.14 bits per heavy atom. The summed E-state index contributed by atoms with van der Waals surface area (Å²) in [6.45, 7) is 5.07. The van der Waals surface area contributed by atoms with Crippen molar-refractivity contribution in [1.82, 2.24) is 15.0 Å². The molecule has 0 radical (unpaired) electrons. The van der Waals surface area contributed by atoms with Gasteiger partial charge in [0.05, 0.1) is 11.3 Å². The van der Waals surface area contributed by atoms with Gasteiger partial charge in [-0.25, -0.2) is 0 Å². The Bertz CT molecular complexity index is 727. The van der Waals surface area contributed by atoms with Gasteiger partial charge in [-0.05, 0) is 25.3 Å². The highest BCUT2D eigenvalue weighted by atomic mass is 16.5. The molecule has 1 aliphatic carbocycles. The summed E-state index contributed by atoms with van der Waals surface area (Å²) in [7, 11) is 0. The van der Waals surface area contributed by atoms with Crippen molar-refractivity contribution in [1.29, 1.82) is 0 Å². The lowest BCUT2D eigenvalue weighted by Crippen LogP contribution is -2.47. The van der Waals surface area contributed by atoms with Crippen molar-refractivity contribution >= 4 is 5.91 Å². The maximum atomic E-state index is 11.3. The van der Waals surface area contributed by atoms with E-state index in [0.717, 1.165) is 18.7 Å². The minimum atomic E-state index is -0.0578. The van der Waals surface area contributed by atoms with Crippen LogP contribution in [0.15, 0.2) is 28.8 Å². The van der Waals surface area contributed by atoms with Gasteiger partial charge in [0.1, 0.15) is 0 Å². The Kier molecular flexibility index (Phi) is 2.86. The standard InChI is InChI=1S/C17H19N3O2/c1-11-4-3-5-14(8-11)17(6-7-17)16-18-15(22-19-16)13-9-20(10-13)12(2)21/h3-5,8,13H,6-7,9-10H2,1-2H3. The average molecular weight is 297 g/mol. The van der Waals surface area contributed by atoms with Crippen LogP contribution < -0.4 is 0 Å². The number of benzene rings is 1. The molecule has 0 unspecified atom stereocenters. The Labute approximate surface area is 129 Å². The minimum absolute atomic E-state index is 0.0578. The predicted octanol–water partition coefficient (Wildman–Crippen LogP) is 2.40. The number of likely N-dealkylation sites (tertiary alicyclic amines) is 1. The molecule has 2 aliphatic rings. The fraction of sp³-hybridized carbons (Fsp3) is 0.471. The lowest BCUT2D eigenvalue weighted by Gasteiger charge is -2.36. The van der Waals surface area contributed by atoms with Crippen LogP contribution in [0.5, 0.6) is 0 Å². The summed E-state index contributed by atoms with van der Waals surface area (Å²) in [6, 6.07) is 8.55. The molecule has 0 spiro atoms. The van der Waals surface area contributed by atoms with Crippen LogP contribution in [0.1, 0.15) is 48.5 Å². The molecule has 1 aromatic heterocycles. The summed E-state index contributed by atoms with van der Waals surface area (Å²) >= 11 is 0. The second-order valence-corrected chi connectivity index (χ2v) is 6.53. The van der Waals surface area contributed by atoms with E-state index in [1.807, 2.05) is 0 Å². The van der Waals surface area contributed by atoms with Crippen LogP contribution in [-0.4, -0.2) is 34.0 Å². The molecule has 2 aromatic rings. The van der Waals surface area contributed by atoms with Crippen LogP contribution in [0.3, 0.4) is 0 Å². The fourth-order valence-corrected chi connectivity index (χ4v) is 3.20. The first-order valence-electron chi connectivity index (χ1n) is 7.75. The maximum Gasteiger partial charge on any atom is 0.233 e. The molecule has 5 nitrogen and oxygen atoms in total. The van der Waals surface area contributed by atoms with E-state index in [4.69, 9.17) is 4.52 Å². The lowest BCUT2D eigenvalue weighted by molar-refractivity contribution is -0.133. The average Bonchev–Trinajstić information content (AvgIpc) is 3.10. The van der Waals surface area contributed by atoms with Crippen LogP contribution in [0.25, 0.3) is 0 Å². The first-order chi connectivity index (χ1) is 10.6. The number of rotatable bonds is 3. The van der Waals surface area contributed by atoms with Crippen LogP contribution >= 0.6 is 0 Å². The van der Waals surface area contributed by atoms with Gasteiger partial charge >= 0.3 is 0 Å². The van der Waals surface area contributed by atoms with E-state index in [0.29, 0.717) is 19.0 Å². The topological polar surface area (TPSA) is 59.2 Å². The maximum absolute atomic E-state index is 11.3. The summed E-state index contributed by atoms with van der Waals surface area (Å²) in [5.41, 5.74) is 2.47. The van der Waals surface area contributed by atoms with Gasteiger partial charge < -0.3 is 9.42 Å². The first kappa shape index (κ1) is 13.5. The van der Waals surface area contributed by atoms with Crippen molar-refractivity contribution in [3.63, 3.8) is 0 Å². The number of nitrogens with zero attached hydrogens (tertiary/aromatic N) is 3. The number of carbonyl (C=O) groups excluding carboxylic acids is 1. The molecule has 114 valence electrons. The molecule has 5 heteroatoms. The van der Waals surface area contributed by atoms with E-state index in [1.165, 1.54) is 11.1 Å². The van der Waals surface area contributed by atoms with Crippen molar-refractivity contribution in [2.75, 3.05) is 13.1 Å². The number of amides is 1. The number of carbonyl (C=O) groups is 1. The smallest absolute Gasteiger partial charge is 0.233 e. The van der Waals surface area contributed by atoms with E-state index in [1.54, 1.807) is 11.8 Å². The Morgan fingerprint density at radius 1 is 1.36 bits per heavy atom. The Morgan fingerprint density at radius 3 is 2.77 bits per heavy atom. The molecular weight excluding hydrogens is 278 g/mol. The summed E-state index contributed by atoms with van der Waals surface area (Å²) in [6.07, 6.45) is 2.14. The molecule has 1 saturated heterocycles. The van der Waals surface area contributed by atoms with Crippen molar-refractivity contribution < 1.29 is 9.32 Å². The third kappa shape index (κ3) is 2.03. The molecule has 0 atom stereocenters. The van der Waals surface area contributed by atoms with Gasteiger partial charge in [-0.15, -0.1) is 0 Å². The lowest BCUT2D eigenvalue weighted by atomic mass is 9.93. The monoisotopic (exact) mass is 297 g/mol. The largest absolute Gasteiger partial charge is 0.341 e. The Hall–Kier alpha value is -2.17. The minimum Gasteiger partial charge on any atom is -0.341 e. The highest BCUT2D eigenvalue weighted by Gasteiger charge is 2.50. The first-order valence-corrected chi connectivity index (χ1v) is 7.75. The van der Waals surface area contributed by atoms with Gasteiger partial charge in [0.2, 0.25) is 11.8 Å². The van der Waals surface area contributed by atoms with Gasteiger partial charge in [0.25, 0.3) is 0 Å². The normalized spacial score (nSPS) is 19.8. The number of hydrogen-bond acceptors (Lipinski definition) is 4. The second-order valence-electron chi connectivity index (χ2n) is 6.53. The fourth-order valence-electron chi connectivity index (χ4n) is 3.20. The Balaban J connectivity index is 1.56. The SMILES string of the molecule is CC(=O)N1CC(c2nc(C3(c4cccc(C)c4)CC3)no2)C1.